The van der Waals surface area contributed by atoms with Crippen molar-refractivity contribution in [3.05, 3.63) is 0 Å². The zero-order valence-corrected chi connectivity index (χ0v) is 10.3. The minimum Gasteiger partial charge on any atom is -0.340 e. The highest BCUT2D eigenvalue weighted by Gasteiger charge is 2.32. The molecule has 2 unspecified atom stereocenters. The number of amides is 1. The van der Waals surface area contributed by atoms with Crippen molar-refractivity contribution in [3.63, 3.8) is 0 Å². The number of hydrogen-bond donors (Lipinski definition) is 1. The Morgan fingerprint density at radius 2 is 2.14 bits per heavy atom. The highest BCUT2D eigenvalue weighted by Crippen LogP contribution is 2.29. The van der Waals surface area contributed by atoms with Crippen LogP contribution >= 0.6 is 12.6 Å². The third-order valence-electron chi connectivity index (χ3n) is 3.03. The van der Waals surface area contributed by atoms with Gasteiger partial charge >= 0.3 is 0 Å². The van der Waals surface area contributed by atoms with E-state index in [0.29, 0.717) is 17.2 Å². The van der Waals surface area contributed by atoms with Crippen molar-refractivity contribution in [1.82, 2.24) is 4.90 Å². The van der Waals surface area contributed by atoms with Gasteiger partial charge < -0.3 is 4.90 Å². The van der Waals surface area contributed by atoms with Crippen molar-refractivity contribution in [2.24, 2.45) is 5.92 Å². The number of carbonyl (C=O) groups is 1. The van der Waals surface area contributed by atoms with Crippen LogP contribution in [0.5, 0.6) is 0 Å². The molecule has 0 radical (unpaired) electrons. The van der Waals surface area contributed by atoms with Crippen LogP contribution in [0.4, 0.5) is 0 Å². The summed E-state index contributed by atoms with van der Waals surface area (Å²) >= 11 is 4.47. The maximum absolute atomic E-state index is 11.4. The third kappa shape index (κ3) is 3.19. The van der Waals surface area contributed by atoms with E-state index >= 15 is 0 Å². The highest BCUT2D eigenvalue weighted by molar-refractivity contribution is 7.80. The molecular weight excluding hydrogens is 194 g/mol. The van der Waals surface area contributed by atoms with E-state index in [9.17, 15) is 4.79 Å². The van der Waals surface area contributed by atoms with E-state index in [1.807, 2.05) is 4.90 Å². The Labute approximate surface area is 92.5 Å². The first kappa shape index (κ1) is 11.9. The average Bonchev–Trinajstić information content (AvgIpc) is 2.88. The van der Waals surface area contributed by atoms with Gasteiger partial charge in [-0.2, -0.15) is 12.6 Å². The van der Waals surface area contributed by atoms with E-state index in [4.69, 9.17) is 0 Å². The Bertz CT molecular complexity index is 201. The van der Waals surface area contributed by atoms with Crippen molar-refractivity contribution in [2.75, 3.05) is 6.54 Å². The van der Waals surface area contributed by atoms with Gasteiger partial charge in [0.15, 0.2) is 0 Å². The van der Waals surface area contributed by atoms with Crippen molar-refractivity contribution in [3.8, 4) is 0 Å². The Morgan fingerprint density at radius 1 is 1.57 bits per heavy atom. The number of thiol groups is 1. The number of carbonyl (C=O) groups excluding carboxylic acids is 1. The quantitative estimate of drug-likeness (QED) is 0.698. The summed E-state index contributed by atoms with van der Waals surface area (Å²) < 4.78 is 0. The van der Waals surface area contributed by atoms with E-state index < -0.39 is 0 Å². The van der Waals surface area contributed by atoms with Gasteiger partial charge in [-0.05, 0) is 18.8 Å². The summed E-state index contributed by atoms with van der Waals surface area (Å²) in [4.78, 5) is 13.4. The molecule has 0 bridgehead atoms. The molecule has 0 aromatic rings. The van der Waals surface area contributed by atoms with E-state index in [-0.39, 0.29) is 5.91 Å². The molecule has 0 aromatic heterocycles. The van der Waals surface area contributed by atoms with Crippen LogP contribution in [0.3, 0.4) is 0 Å². The molecule has 0 saturated heterocycles. The van der Waals surface area contributed by atoms with Gasteiger partial charge in [-0.1, -0.05) is 20.3 Å². The molecule has 1 saturated carbocycles. The summed E-state index contributed by atoms with van der Waals surface area (Å²) in [6.45, 7) is 6.85. The lowest BCUT2D eigenvalue weighted by Gasteiger charge is -2.28. The number of nitrogens with zero attached hydrogens (tertiary/aromatic N) is 1. The van der Waals surface area contributed by atoms with Crippen LogP contribution in [-0.2, 0) is 4.79 Å². The molecule has 2 nitrogen and oxygen atoms in total. The molecule has 0 heterocycles. The Hall–Kier alpha value is -0.180. The first-order valence-electron chi connectivity index (χ1n) is 5.51. The molecule has 1 aliphatic rings. The minimum atomic E-state index is 0.222. The van der Waals surface area contributed by atoms with Gasteiger partial charge in [0.2, 0.25) is 5.91 Å². The van der Waals surface area contributed by atoms with Crippen LogP contribution in [0, 0.1) is 5.92 Å². The molecule has 14 heavy (non-hydrogen) atoms. The summed E-state index contributed by atoms with van der Waals surface area (Å²) in [6.07, 6.45) is 3.48. The normalized spacial score (nSPS) is 20.3. The first-order valence-corrected chi connectivity index (χ1v) is 6.03. The van der Waals surface area contributed by atoms with E-state index in [2.05, 4.69) is 26.5 Å². The summed E-state index contributed by atoms with van der Waals surface area (Å²) in [5.74, 6) is 0.753. The first-order chi connectivity index (χ1) is 6.56. The van der Waals surface area contributed by atoms with E-state index in [1.54, 1.807) is 6.92 Å². The second kappa shape index (κ2) is 5.06. The number of hydrogen-bond acceptors (Lipinski definition) is 2. The second-order valence-electron chi connectivity index (χ2n) is 4.31. The fourth-order valence-electron chi connectivity index (χ4n) is 1.80. The van der Waals surface area contributed by atoms with Crippen molar-refractivity contribution >= 4 is 18.5 Å². The minimum absolute atomic E-state index is 0.222. The molecule has 0 spiro atoms. The molecule has 0 aromatic carbocycles. The zero-order valence-electron chi connectivity index (χ0n) is 9.36. The molecule has 0 aliphatic heterocycles. The van der Waals surface area contributed by atoms with Crippen LogP contribution in [0.1, 0.15) is 40.0 Å². The van der Waals surface area contributed by atoms with Crippen molar-refractivity contribution < 1.29 is 4.79 Å². The van der Waals surface area contributed by atoms with Gasteiger partial charge in [0.05, 0.1) is 0 Å². The number of rotatable bonds is 5. The second-order valence-corrected chi connectivity index (χ2v) is 5.13. The standard InChI is InChI=1S/C11H21NOS/c1-4-10(8(2)14)7-12(9(3)13)11-5-6-11/h8,10-11,14H,4-7H2,1-3H3. The topological polar surface area (TPSA) is 20.3 Å². The molecule has 0 N–H and O–H groups in total. The lowest BCUT2D eigenvalue weighted by atomic mass is 10.0. The average molecular weight is 215 g/mol. The molecule has 2 atom stereocenters. The monoisotopic (exact) mass is 215 g/mol. The van der Waals surface area contributed by atoms with E-state index in [0.717, 1.165) is 13.0 Å². The Morgan fingerprint density at radius 3 is 2.43 bits per heavy atom. The van der Waals surface area contributed by atoms with Crippen LogP contribution in [0.25, 0.3) is 0 Å². The van der Waals surface area contributed by atoms with Crippen molar-refractivity contribution in [2.45, 2.75) is 51.3 Å². The maximum Gasteiger partial charge on any atom is 0.219 e. The molecule has 1 fully saturated rings. The molecule has 3 heteroatoms. The predicted molar refractivity (Wildman–Crippen MR) is 62.6 cm³/mol. The molecule has 82 valence electrons. The molecule has 1 aliphatic carbocycles. The van der Waals surface area contributed by atoms with Gasteiger partial charge in [0.1, 0.15) is 0 Å². The van der Waals surface area contributed by atoms with Gasteiger partial charge in [0, 0.05) is 24.8 Å². The SMILES string of the molecule is CCC(CN(C(C)=O)C1CC1)C(C)S. The lowest BCUT2D eigenvalue weighted by molar-refractivity contribution is -0.130. The van der Waals surface area contributed by atoms with Gasteiger partial charge in [-0.3, -0.25) is 4.79 Å². The zero-order chi connectivity index (χ0) is 10.7. The fraction of sp³-hybridized carbons (Fsp3) is 0.909. The third-order valence-corrected chi connectivity index (χ3v) is 3.45. The Balaban J connectivity index is 2.48. The van der Waals surface area contributed by atoms with Crippen LogP contribution < -0.4 is 0 Å². The van der Waals surface area contributed by atoms with Gasteiger partial charge in [-0.25, -0.2) is 0 Å². The molecule has 1 amide bonds. The molecular formula is C11H21NOS. The summed E-state index contributed by atoms with van der Waals surface area (Å²) in [7, 11) is 0. The maximum atomic E-state index is 11.4. The largest absolute Gasteiger partial charge is 0.340 e. The van der Waals surface area contributed by atoms with Crippen LogP contribution in [0.15, 0.2) is 0 Å². The highest BCUT2D eigenvalue weighted by atomic mass is 32.1. The lowest BCUT2D eigenvalue weighted by Crippen LogP contribution is -2.37. The molecule has 1 rings (SSSR count). The summed E-state index contributed by atoms with van der Waals surface area (Å²) in [6, 6.07) is 0.536. The van der Waals surface area contributed by atoms with E-state index in [1.165, 1.54) is 12.8 Å². The smallest absolute Gasteiger partial charge is 0.219 e. The van der Waals surface area contributed by atoms with Crippen LogP contribution in [0.2, 0.25) is 0 Å². The van der Waals surface area contributed by atoms with Gasteiger partial charge in [-0.15, -0.1) is 0 Å². The van der Waals surface area contributed by atoms with Crippen LogP contribution in [-0.4, -0.2) is 28.6 Å². The Kier molecular flexibility index (Phi) is 4.30. The van der Waals surface area contributed by atoms with Gasteiger partial charge in [0.25, 0.3) is 0 Å². The summed E-state index contributed by atoms with van der Waals surface area (Å²) in [5, 5.41) is 0.376. The predicted octanol–water partition coefficient (Wildman–Crippen LogP) is 2.34. The fourth-order valence-corrected chi connectivity index (χ4v) is 2.10. The summed E-state index contributed by atoms with van der Waals surface area (Å²) in [5.41, 5.74) is 0. The van der Waals surface area contributed by atoms with Crippen molar-refractivity contribution in [1.29, 1.82) is 0 Å².